The van der Waals surface area contributed by atoms with Crippen molar-refractivity contribution < 1.29 is 0 Å². The lowest BCUT2D eigenvalue weighted by Gasteiger charge is -2.01. The molecule has 2 heterocycles. The summed E-state index contributed by atoms with van der Waals surface area (Å²) in [5.74, 6) is 0. The van der Waals surface area contributed by atoms with Crippen LogP contribution < -0.4 is 5.73 Å². The molecule has 0 saturated heterocycles. The zero-order chi connectivity index (χ0) is 11.8. The van der Waals surface area contributed by atoms with Crippen LogP contribution in [0.3, 0.4) is 0 Å². The lowest BCUT2D eigenvalue weighted by Crippen LogP contribution is -1.79. The SMILES string of the molecule is Nc1nc(Cl)c(-c2ccc3cnccc3c2)s1. The van der Waals surface area contributed by atoms with Gasteiger partial charge < -0.3 is 5.73 Å². The molecule has 0 aliphatic heterocycles. The van der Waals surface area contributed by atoms with E-state index in [1.54, 1.807) is 6.20 Å². The summed E-state index contributed by atoms with van der Waals surface area (Å²) in [5.41, 5.74) is 6.67. The fourth-order valence-corrected chi connectivity index (χ4v) is 2.81. The van der Waals surface area contributed by atoms with Crippen molar-refractivity contribution in [2.75, 3.05) is 5.73 Å². The number of nitrogen functional groups attached to an aromatic ring is 1. The lowest BCUT2D eigenvalue weighted by atomic mass is 10.1. The Kier molecular flexibility index (Phi) is 2.46. The Morgan fingerprint density at radius 1 is 1.18 bits per heavy atom. The molecule has 3 aromatic rings. The lowest BCUT2D eigenvalue weighted by molar-refractivity contribution is 1.36. The zero-order valence-electron chi connectivity index (χ0n) is 8.72. The van der Waals surface area contributed by atoms with Crippen LogP contribution in [0.15, 0.2) is 36.7 Å². The van der Waals surface area contributed by atoms with Crippen LogP contribution in [0.5, 0.6) is 0 Å². The highest BCUT2D eigenvalue weighted by molar-refractivity contribution is 7.19. The molecule has 3 nitrogen and oxygen atoms in total. The Labute approximate surface area is 107 Å². The minimum absolute atomic E-state index is 0.459. The fourth-order valence-electron chi connectivity index (χ4n) is 1.72. The molecule has 0 amide bonds. The number of halogens is 1. The molecule has 0 fully saturated rings. The van der Waals surface area contributed by atoms with E-state index in [-0.39, 0.29) is 0 Å². The van der Waals surface area contributed by atoms with Crippen LogP contribution in [0.25, 0.3) is 21.2 Å². The van der Waals surface area contributed by atoms with Gasteiger partial charge in [0.25, 0.3) is 0 Å². The molecule has 0 unspecified atom stereocenters. The average molecular weight is 262 g/mol. The van der Waals surface area contributed by atoms with Gasteiger partial charge in [-0.1, -0.05) is 35.1 Å². The first kappa shape index (κ1) is 10.5. The summed E-state index contributed by atoms with van der Waals surface area (Å²) in [4.78, 5) is 9.00. The number of pyridine rings is 1. The maximum Gasteiger partial charge on any atom is 0.182 e. The van der Waals surface area contributed by atoms with Gasteiger partial charge in [-0.05, 0) is 23.1 Å². The van der Waals surface area contributed by atoms with Crippen LogP contribution in [0.1, 0.15) is 0 Å². The summed E-state index contributed by atoms with van der Waals surface area (Å²) in [7, 11) is 0. The number of hydrogen-bond acceptors (Lipinski definition) is 4. The zero-order valence-corrected chi connectivity index (χ0v) is 10.3. The van der Waals surface area contributed by atoms with E-state index in [0.29, 0.717) is 10.3 Å². The minimum Gasteiger partial charge on any atom is -0.375 e. The van der Waals surface area contributed by atoms with Gasteiger partial charge in [0.15, 0.2) is 5.13 Å². The van der Waals surface area contributed by atoms with Gasteiger partial charge >= 0.3 is 0 Å². The fraction of sp³-hybridized carbons (Fsp3) is 0. The molecule has 84 valence electrons. The van der Waals surface area contributed by atoms with Gasteiger partial charge in [0.05, 0.1) is 4.88 Å². The Bertz CT molecular complexity index is 693. The predicted molar refractivity (Wildman–Crippen MR) is 72.3 cm³/mol. The first-order valence-electron chi connectivity index (χ1n) is 5.00. The second-order valence-electron chi connectivity index (χ2n) is 3.61. The van der Waals surface area contributed by atoms with E-state index in [4.69, 9.17) is 17.3 Å². The third-order valence-corrected chi connectivity index (χ3v) is 3.82. The van der Waals surface area contributed by atoms with Crippen molar-refractivity contribution in [2.45, 2.75) is 0 Å². The molecule has 0 spiro atoms. The number of nitrogens with zero attached hydrogens (tertiary/aromatic N) is 2. The number of rotatable bonds is 1. The first-order valence-corrected chi connectivity index (χ1v) is 6.19. The third-order valence-electron chi connectivity index (χ3n) is 2.51. The molecule has 0 bridgehead atoms. The van der Waals surface area contributed by atoms with Gasteiger partial charge in [0.1, 0.15) is 5.15 Å². The van der Waals surface area contributed by atoms with E-state index >= 15 is 0 Å². The molecule has 0 aliphatic carbocycles. The Hall–Kier alpha value is -1.65. The van der Waals surface area contributed by atoms with E-state index in [1.807, 2.05) is 24.4 Å². The quantitative estimate of drug-likeness (QED) is 0.728. The molecule has 0 atom stereocenters. The normalized spacial score (nSPS) is 10.9. The van der Waals surface area contributed by atoms with Crippen molar-refractivity contribution in [3.8, 4) is 10.4 Å². The van der Waals surface area contributed by atoms with Gasteiger partial charge in [-0.3, -0.25) is 4.98 Å². The highest BCUT2D eigenvalue weighted by Gasteiger charge is 2.09. The summed E-state index contributed by atoms with van der Waals surface area (Å²) in [6.45, 7) is 0. The third kappa shape index (κ3) is 1.85. The van der Waals surface area contributed by atoms with E-state index < -0.39 is 0 Å². The number of nitrogens with two attached hydrogens (primary N) is 1. The number of anilines is 1. The molecule has 0 radical (unpaired) electrons. The Morgan fingerprint density at radius 3 is 2.82 bits per heavy atom. The maximum absolute atomic E-state index is 6.04. The molecule has 17 heavy (non-hydrogen) atoms. The summed E-state index contributed by atoms with van der Waals surface area (Å²) in [5, 5.41) is 3.17. The molecule has 0 aliphatic rings. The number of aromatic nitrogens is 2. The molecule has 1 aromatic carbocycles. The minimum atomic E-state index is 0.459. The molecule has 2 aromatic heterocycles. The summed E-state index contributed by atoms with van der Waals surface area (Å²) < 4.78 is 0. The highest BCUT2D eigenvalue weighted by Crippen LogP contribution is 2.35. The van der Waals surface area contributed by atoms with Crippen molar-refractivity contribution in [1.29, 1.82) is 0 Å². The van der Waals surface area contributed by atoms with Crippen LogP contribution in [-0.2, 0) is 0 Å². The Morgan fingerprint density at radius 2 is 2.06 bits per heavy atom. The molecule has 0 saturated carbocycles. The van der Waals surface area contributed by atoms with Crippen molar-refractivity contribution in [1.82, 2.24) is 9.97 Å². The van der Waals surface area contributed by atoms with Crippen LogP contribution in [0, 0.1) is 0 Å². The van der Waals surface area contributed by atoms with E-state index in [1.165, 1.54) is 11.3 Å². The van der Waals surface area contributed by atoms with Gasteiger partial charge in [-0.15, -0.1) is 0 Å². The topological polar surface area (TPSA) is 51.8 Å². The average Bonchev–Trinajstić information content (AvgIpc) is 2.68. The van der Waals surface area contributed by atoms with E-state index in [2.05, 4.69) is 16.0 Å². The van der Waals surface area contributed by atoms with Gasteiger partial charge in [-0.2, -0.15) is 0 Å². The summed E-state index contributed by atoms with van der Waals surface area (Å²) in [6.07, 6.45) is 3.61. The molecule has 3 rings (SSSR count). The van der Waals surface area contributed by atoms with Crippen molar-refractivity contribution in [3.05, 3.63) is 41.8 Å². The predicted octanol–water partition coefficient (Wildman–Crippen LogP) is 3.59. The van der Waals surface area contributed by atoms with Crippen molar-refractivity contribution in [3.63, 3.8) is 0 Å². The first-order chi connectivity index (χ1) is 8.24. The summed E-state index contributed by atoms with van der Waals surface area (Å²) in [6, 6.07) is 8.06. The second kappa shape index (κ2) is 3.98. The molecule has 2 N–H and O–H groups in total. The van der Waals surface area contributed by atoms with Crippen LogP contribution >= 0.6 is 22.9 Å². The van der Waals surface area contributed by atoms with Gasteiger partial charge in [0.2, 0.25) is 0 Å². The number of hydrogen-bond donors (Lipinski definition) is 1. The number of fused-ring (bicyclic) bond motifs is 1. The number of benzene rings is 1. The highest BCUT2D eigenvalue weighted by atomic mass is 35.5. The van der Waals surface area contributed by atoms with E-state index in [9.17, 15) is 0 Å². The van der Waals surface area contributed by atoms with Gasteiger partial charge in [-0.25, -0.2) is 4.98 Å². The van der Waals surface area contributed by atoms with Gasteiger partial charge in [0, 0.05) is 17.8 Å². The van der Waals surface area contributed by atoms with Crippen LogP contribution in [0.4, 0.5) is 5.13 Å². The van der Waals surface area contributed by atoms with Crippen LogP contribution in [-0.4, -0.2) is 9.97 Å². The van der Waals surface area contributed by atoms with Crippen molar-refractivity contribution in [2.24, 2.45) is 0 Å². The maximum atomic E-state index is 6.04. The van der Waals surface area contributed by atoms with Crippen molar-refractivity contribution >= 4 is 38.8 Å². The number of thiazole rings is 1. The molecular formula is C12H8ClN3S. The molecular weight excluding hydrogens is 254 g/mol. The standard InChI is InChI=1S/C12H8ClN3S/c13-11-10(17-12(14)16-11)8-1-2-9-6-15-4-3-7(9)5-8/h1-6H,(H2,14,16). The summed E-state index contributed by atoms with van der Waals surface area (Å²) >= 11 is 7.43. The monoisotopic (exact) mass is 261 g/mol. The smallest absolute Gasteiger partial charge is 0.182 e. The molecule has 5 heteroatoms. The van der Waals surface area contributed by atoms with E-state index in [0.717, 1.165) is 21.2 Å². The largest absolute Gasteiger partial charge is 0.375 e. The van der Waals surface area contributed by atoms with Crippen LogP contribution in [0.2, 0.25) is 5.15 Å². The Balaban J connectivity index is 2.21. The second-order valence-corrected chi connectivity index (χ2v) is 5.00.